The third-order valence-corrected chi connectivity index (χ3v) is 4.04. The Labute approximate surface area is 165 Å². The molecule has 0 bridgehead atoms. The van der Waals surface area contributed by atoms with Crippen LogP contribution in [-0.4, -0.2) is 22.4 Å². The maximum atomic E-state index is 14.0. The van der Waals surface area contributed by atoms with Crippen LogP contribution in [0.3, 0.4) is 0 Å². The summed E-state index contributed by atoms with van der Waals surface area (Å²) in [5.74, 6) is -2.11. The molecule has 0 aliphatic carbocycles. The summed E-state index contributed by atoms with van der Waals surface area (Å²) in [7, 11) is 0. The number of carbonyl (C=O) groups is 2. The minimum Gasteiger partial charge on any atom is -0.267 e. The molecule has 2 amide bonds. The van der Waals surface area contributed by atoms with E-state index in [-0.39, 0.29) is 26.2 Å². The number of carbonyl (C=O) groups excluding carboxylic acids is 2. The molecular formula is C18H16Cl3FN2O2. The van der Waals surface area contributed by atoms with E-state index in [9.17, 15) is 14.0 Å². The number of halogens is 4. The van der Waals surface area contributed by atoms with E-state index in [2.05, 4.69) is 5.43 Å². The lowest BCUT2D eigenvalue weighted by molar-refractivity contribution is 0.0357. The number of nitrogens with zero attached hydrogens (tertiary/aromatic N) is 1. The lowest BCUT2D eigenvalue weighted by Gasteiger charge is -2.35. The zero-order valence-corrected chi connectivity index (χ0v) is 16.5. The summed E-state index contributed by atoms with van der Waals surface area (Å²) >= 11 is 17.6. The van der Waals surface area contributed by atoms with Crippen molar-refractivity contribution in [2.75, 3.05) is 0 Å². The predicted octanol–water partition coefficient (Wildman–Crippen LogP) is 5.37. The number of rotatable bonds is 2. The Hall–Kier alpha value is -1.82. The molecule has 2 aromatic rings. The lowest BCUT2D eigenvalue weighted by atomic mass is 10.1. The van der Waals surface area contributed by atoms with E-state index in [0.29, 0.717) is 0 Å². The van der Waals surface area contributed by atoms with Crippen molar-refractivity contribution in [3.63, 3.8) is 0 Å². The van der Waals surface area contributed by atoms with Crippen molar-refractivity contribution in [2.24, 2.45) is 0 Å². The highest BCUT2D eigenvalue weighted by molar-refractivity contribution is 6.35. The quantitative estimate of drug-likeness (QED) is 0.668. The van der Waals surface area contributed by atoms with E-state index >= 15 is 0 Å². The summed E-state index contributed by atoms with van der Waals surface area (Å²) in [6, 6.07) is 8.01. The Morgan fingerprint density at radius 3 is 2.04 bits per heavy atom. The van der Waals surface area contributed by atoms with Gasteiger partial charge in [-0.1, -0.05) is 34.8 Å². The van der Waals surface area contributed by atoms with Gasteiger partial charge in [0.05, 0.1) is 11.1 Å². The third kappa shape index (κ3) is 4.87. The van der Waals surface area contributed by atoms with Crippen LogP contribution in [0.15, 0.2) is 36.4 Å². The van der Waals surface area contributed by atoms with Gasteiger partial charge in [-0.3, -0.25) is 15.0 Å². The van der Waals surface area contributed by atoms with Crippen LogP contribution in [0.25, 0.3) is 0 Å². The van der Waals surface area contributed by atoms with Gasteiger partial charge in [-0.05, 0) is 57.2 Å². The summed E-state index contributed by atoms with van der Waals surface area (Å²) in [5, 5.41) is 1.83. The fourth-order valence-electron chi connectivity index (χ4n) is 2.16. The highest BCUT2D eigenvalue weighted by atomic mass is 35.5. The molecule has 0 saturated heterocycles. The van der Waals surface area contributed by atoms with E-state index in [4.69, 9.17) is 34.8 Å². The predicted molar refractivity (Wildman–Crippen MR) is 101 cm³/mol. The lowest BCUT2D eigenvalue weighted by Crippen LogP contribution is -2.56. The van der Waals surface area contributed by atoms with Gasteiger partial charge in [-0.15, -0.1) is 0 Å². The van der Waals surface area contributed by atoms with Gasteiger partial charge in [-0.2, -0.15) is 0 Å². The summed E-state index contributed by atoms with van der Waals surface area (Å²) < 4.78 is 14.0. The Bertz CT molecular complexity index is 846. The Morgan fingerprint density at radius 2 is 1.54 bits per heavy atom. The van der Waals surface area contributed by atoms with Gasteiger partial charge < -0.3 is 0 Å². The van der Waals surface area contributed by atoms with Gasteiger partial charge in [0.1, 0.15) is 5.82 Å². The van der Waals surface area contributed by atoms with Crippen molar-refractivity contribution in [3.8, 4) is 0 Å². The fourth-order valence-corrected chi connectivity index (χ4v) is 2.85. The molecule has 0 aliphatic heterocycles. The first-order valence-corrected chi connectivity index (χ1v) is 8.69. The Kier molecular flexibility index (Phi) is 6.17. The molecule has 26 heavy (non-hydrogen) atoms. The van der Waals surface area contributed by atoms with Crippen molar-refractivity contribution in [3.05, 3.63) is 68.4 Å². The number of benzene rings is 2. The monoisotopic (exact) mass is 416 g/mol. The molecule has 138 valence electrons. The second kappa shape index (κ2) is 7.82. The SMILES string of the molecule is CC(C)(C)N(NC(=O)c1ccc(Cl)cc1F)C(=O)c1cc(Cl)cc(Cl)c1. The molecule has 4 nitrogen and oxygen atoms in total. The van der Waals surface area contributed by atoms with E-state index < -0.39 is 23.2 Å². The molecular weight excluding hydrogens is 402 g/mol. The topological polar surface area (TPSA) is 49.4 Å². The summed E-state index contributed by atoms with van der Waals surface area (Å²) in [6.45, 7) is 5.15. The maximum absolute atomic E-state index is 14.0. The highest BCUT2D eigenvalue weighted by Gasteiger charge is 2.30. The van der Waals surface area contributed by atoms with Crippen LogP contribution in [0, 0.1) is 5.82 Å². The average molecular weight is 418 g/mol. The van der Waals surface area contributed by atoms with Crippen molar-refractivity contribution < 1.29 is 14.0 Å². The zero-order valence-electron chi connectivity index (χ0n) is 14.2. The van der Waals surface area contributed by atoms with Crippen LogP contribution in [0.2, 0.25) is 15.1 Å². The molecule has 0 radical (unpaired) electrons. The standard InChI is InChI=1S/C18H16Cl3FN2O2/c1-18(2,3)24(17(26)10-6-12(20)8-13(21)7-10)23-16(25)14-5-4-11(19)9-15(14)22/h4-9H,1-3H3,(H,23,25). The number of amides is 2. The highest BCUT2D eigenvalue weighted by Crippen LogP contribution is 2.23. The number of hydrogen-bond donors (Lipinski definition) is 1. The minimum atomic E-state index is -0.801. The van der Waals surface area contributed by atoms with Gasteiger partial charge in [0, 0.05) is 20.6 Å². The van der Waals surface area contributed by atoms with E-state index in [1.54, 1.807) is 20.8 Å². The molecule has 0 aliphatic rings. The first-order chi connectivity index (χ1) is 12.0. The number of hydrazine groups is 1. The third-order valence-electron chi connectivity index (χ3n) is 3.37. The first-order valence-electron chi connectivity index (χ1n) is 7.56. The average Bonchev–Trinajstić information content (AvgIpc) is 2.49. The Morgan fingerprint density at radius 1 is 0.962 bits per heavy atom. The molecule has 0 spiro atoms. The first kappa shape index (κ1) is 20.5. The van der Waals surface area contributed by atoms with Crippen molar-refractivity contribution >= 4 is 46.6 Å². The molecule has 0 heterocycles. The smallest absolute Gasteiger partial charge is 0.267 e. The fraction of sp³-hybridized carbons (Fsp3) is 0.222. The van der Waals surface area contributed by atoms with Crippen LogP contribution in [0.4, 0.5) is 4.39 Å². The van der Waals surface area contributed by atoms with E-state index in [1.165, 1.54) is 30.3 Å². The molecule has 0 aromatic heterocycles. The molecule has 8 heteroatoms. The molecule has 0 atom stereocenters. The van der Waals surface area contributed by atoms with Crippen LogP contribution < -0.4 is 5.43 Å². The van der Waals surface area contributed by atoms with Gasteiger partial charge in [0.2, 0.25) is 0 Å². The van der Waals surface area contributed by atoms with Gasteiger partial charge in [0.25, 0.3) is 11.8 Å². The summed E-state index contributed by atoms with van der Waals surface area (Å²) in [4.78, 5) is 25.3. The second-order valence-electron chi connectivity index (χ2n) is 6.53. The van der Waals surface area contributed by atoms with Crippen LogP contribution in [0.5, 0.6) is 0 Å². The Balaban J connectivity index is 2.36. The zero-order chi connectivity index (χ0) is 19.6. The summed E-state index contributed by atoms with van der Waals surface area (Å²) in [5.41, 5.74) is 1.60. The van der Waals surface area contributed by atoms with Crippen molar-refractivity contribution in [1.82, 2.24) is 10.4 Å². The van der Waals surface area contributed by atoms with Crippen LogP contribution in [0.1, 0.15) is 41.5 Å². The number of nitrogens with one attached hydrogen (secondary N) is 1. The van der Waals surface area contributed by atoms with Gasteiger partial charge in [-0.25, -0.2) is 9.40 Å². The van der Waals surface area contributed by atoms with Crippen molar-refractivity contribution in [1.29, 1.82) is 0 Å². The maximum Gasteiger partial charge on any atom is 0.272 e. The van der Waals surface area contributed by atoms with E-state index in [0.717, 1.165) is 11.1 Å². The minimum absolute atomic E-state index is 0.163. The van der Waals surface area contributed by atoms with Gasteiger partial charge >= 0.3 is 0 Å². The van der Waals surface area contributed by atoms with Crippen LogP contribution >= 0.6 is 34.8 Å². The number of hydrogen-bond acceptors (Lipinski definition) is 2. The summed E-state index contributed by atoms with van der Waals surface area (Å²) in [6.07, 6.45) is 0. The van der Waals surface area contributed by atoms with Crippen LogP contribution in [-0.2, 0) is 0 Å². The largest absolute Gasteiger partial charge is 0.272 e. The molecule has 0 unspecified atom stereocenters. The molecule has 2 rings (SSSR count). The molecule has 0 saturated carbocycles. The molecule has 0 fully saturated rings. The van der Waals surface area contributed by atoms with Crippen molar-refractivity contribution in [2.45, 2.75) is 26.3 Å². The molecule has 1 N–H and O–H groups in total. The van der Waals surface area contributed by atoms with Gasteiger partial charge in [0.15, 0.2) is 0 Å². The van der Waals surface area contributed by atoms with E-state index in [1.807, 2.05) is 0 Å². The second-order valence-corrected chi connectivity index (χ2v) is 7.84. The molecule has 2 aromatic carbocycles. The normalized spacial score (nSPS) is 11.2.